The van der Waals surface area contributed by atoms with Crippen molar-refractivity contribution in [2.75, 3.05) is 13.7 Å². The molecule has 0 aromatic heterocycles. The number of rotatable bonds is 6. The number of nitro benzene ring substituents is 1. The van der Waals surface area contributed by atoms with Crippen molar-refractivity contribution in [2.45, 2.75) is 6.92 Å². The average Bonchev–Trinajstić information content (AvgIpc) is 3.04. The van der Waals surface area contributed by atoms with Crippen molar-refractivity contribution in [2.24, 2.45) is 4.99 Å². The van der Waals surface area contributed by atoms with Crippen LogP contribution in [-0.4, -0.2) is 34.8 Å². The Morgan fingerprint density at radius 2 is 1.87 bits per heavy atom. The highest BCUT2D eigenvalue weighted by Crippen LogP contribution is 2.40. The maximum Gasteiger partial charge on any atom is 0.344 e. The third-order valence-electron chi connectivity index (χ3n) is 4.07. The van der Waals surface area contributed by atoms with E-state index in [2.05, 4.69) is 4.99 Å². The molecule has 0 saturated heterocycles. The van der Waals surface area contributed by atoms with E-state index in [1.165, 1.54) is 12.1 Å². The number of nitrogens with zero attached hydrogens (tertiary/aromatic N) is 2. The zero-order valence-electron chi connectivity index (χ0n) is 16.2. The van der Waals surface area contributed by atoms with E-state index in [0.717, 1.165) is 11.8 Å². The molecule has 3 rings (SSSR count). The molecule has 1 aliphatic rings. The van der Waals surface area contributed by atoms with Gasteiger partial charge in [-0.05, 0) is 55.0 Å². The number of carbonyl (C=O) groups is 1. The van der Waals surface area contributed by atoms with E-state index in [9.17, 15) is 20.0 Å². The predicted molar refractivity (Wildman–Crippen MR) is 115 cm³/mol. The summed E-state index contributed by atoms with van der Waals surface area (Å²) < 4.78 is 10.2. The molecule has 1 aliphatic heterocycles. The first-order chi connectivity index (χ1) is 14.4. The van der Waals surface area contributed by atoms with Gasteiger partial charge in [0, 0.05) is 12.1 Å². The largest absolute Gasteiger partial charge is 0.506 e. The zero-order valence-corrected chi connectivity index (χ0v) is 17.0. The van der Waals surface area contributed by atoms with Gasteiger partial charge < -0.3 is 14.6 Å². The summed E-state index contributed by atoms with van der Waals surface area (Å²) in [6.45, 7) is 1.82. The molecular formula is C21H18N2O6S. The molecule has 30 heavy (non-hydrogen) atoms. The number of esters is 1. The molecule has 2 aromatic rings. The number of hydrogen-bond acceptors (Lipinski definition) is 8. The van der Waals surface area contributed by atoms with Gasteiger partial charge in [0.1, 0.15) is 22.1 Å². The highest BCUT2D eigenvalue weighted by atomic mass is 32.2. The first-order valence-corrected chi connectivity index (χ1v) is 9.72. The molecule has 0 amide bonds. The second kappa shape index (κ2) is 9.27. The van der Waals surface area contributed by atoms with E-state index in [1.807, 2.05) is 0 Å². The Bertz CT molecular complexity index is 1060. The van der Waals surface area contributed by atoms with Gasteiger partial charge in [-0.25, -0.2) is 9.79 Å². The van der Waals surface area contributed by atoms with Crippen molar-refractivity contribution >= 4 is 40.2 Å². The second-order valence-electron chi connectivity index (χ2n) is 6.02. The van der Waals surface area contributed by atoms with Gasteiger partial charge in [0.25, 0.3) is 5.69 Å². The van der Waals surface area contributed by atoms with Crippen LogP contribution in [0, 0.1) is 10.1 Å². The minimum absolute atomic E-state index is 0.0224. The zero-order chi connectivity index (χ0) is 21.7. The van der Waals surface area contributed by atoms with Crippen molar-refractivity contribution in [3.63, 3.8) is 0 Å². The van der Waals surface area contributed by atoms with Crippen molar-refractivity contribution in [1.82, 2.24) is 0 Å². The van der Waals surface area contributed by atoms with Crippen LogP contribution in [0.3, 0.4) is 0 Å². The van der Waals surface area contributed by atoms with Gasteiger partial charge in [-0.3, -0.25) is 10.1 Å². The summed E-state index contributed by atoms with van der Waals surface area (Å²) in [5.74, 6) is -0.258. The Balaban J connectivity index is 1.98. The van der Waals surface area contributed by atoms with E-state index in [1.54, 1.807) is 56.5 Å². The molecule has 0 radical (unpaired) electrons. The summed E-state index contributed by atoms with van der Waals surface area (Å²) in [6, 6.07) is 12.8. The smallest absolute Gasteiger partial charge is 0.344 e. The van der Waals surface area contributed by atoms with Crippen molar-refractivity contribution in [1.29, 1.82) is 0 Å². The minimum Gasteiger partial charge on any atom is -0.506 e. The van der Waals surface area contributed by atoms with Gasteiger partial charge in [0.05, 0.1) is 29.2 Å². The summed E-state index contributed by atoms with van der Waals surface area (Å²) in [7, 11) is 1.56. The van der Waals surface area contributed by atoms with Crippen LogP contribution < -0.4 is 4.74 Å². The van der Waals surface area contributed by atoms with Crippen LogP contribution in [0.2, 0.25) is 0 Å². The van der Waals surface area contributed by atoms with E-state index >= 15 is 0 Å². The predicted octanol–water partition coefficient (Wildman–Crippen LogP) is 4.80. The lowest BCUT2D eigenvalue weighted by molar-refractivity contribution is -0.384. The normalized spacial score (nSPS) is 16.2. The number of benzene rings is 2. The molecular weight excluding hydrogens is 408 g/mol. The van der Waals surface area contributed by atoms with E-state index in [0.29, 0.717) is 26.9 Å². The van der Waals surface area contributed by atoms with E-state index in [4.69, 9.17) is 9.47 Å². The number of aliphatic imine (C=N–C) groups is 1. The summed E-state index contributed by atoms with van der Waals surface area (Å²) in [5, 5.41) is 21.8. The molecule has 0 saturated carbocycles. The standard InChI is InChI=1S/C21H18N2O6S/c1-3-29-21(25)18-19(24)17(12-13-4-8-15(9-5-13)23(26)27)30-20(18)22-14-6-10-16(28-2)11-7-14/h4-12,24H,3H2,1-2H3/b17-12+,22-20?. The molecule has 0 bridgehead atoms. The lowest BCUT2D eigenvalue weighted by Crippen LogP contribution is -2.12. The van der Waals surface area contributed by atoms with Gasteiger partial charge in [0.15, 0.2) is 0 Å². The first-order valence-electron chi connectivity index (χ1n) is 8.90. The molecule has 0 aliphatic carbocycles. The molecule has 8 nitrogen and oxygen atoms in total. The summed E-state index contributed by atoms with van der Waals surface area (Å²) >= 11 is 1.11. The van der Waals surface area contributed by atoms with Crippen LogP contribution in [0.25, 0.3) is 6.08 Å². The Labute approximate surface area is 176 Å². The number of carbonyl (C=O) groups excluding carboxylic acids is 1. The van der Waals surface area contributed by atoms with E-state index in [-0.39, 0.29) is 23.6 Å². The fourth-order valence-electron chi connectivity index (χ4n) is 2.61. The van der Waals surface area contributed by atoms with Crippen molar-refractivity contribution in [3.8, 4) is 5.75 Å². The van der Waals surface area contributed by atoms with Gasteiger partial charge in [-0.1, -0.05) is 11.8 Å². The number of nitro groups is 1. The highest BCUT2D eigenvalue weighted by Gasteiger charge is 2.33. The lowest BCUT2D eigenvalue weighted by atomic mass is 10.1. The maximum atomic E-state index is 12.4. The number of hydrogen-bond donors (Lipinski definition) is 1. The summed E-state index contributed by atoms with van der Waals surface area (Å²) in [6.07, 6.45) is 1.62. The number of ether oxygens (including phenoxy) is 2. The van der Waals surface area contributed by atoms with Crippen LogP contribution in [-0.2, 0) is 9.53 Å². The Morgan fingerprint density at radius 3 is 2.43 bits per heavy atom. The molecule has 0 unspecified atom stereocenters. The first kappa shape index (κ1) is 21.1. The van der Waals surface area contributed by atoms with E-state index < -0.39 is 10.9 Å². The number of methoxy groups -OCH3 is 1. The topological polar surface area (TPSA) is 111 Å². The highest BCUT2D eigenvalue weighted by molar-refractivity contribution is 8.18. The summed E-state index contributed by atoms with van der Waals surface area (Å²) in [5.41, 5.74) is 1.14. The van der Waals surface area contributed by atoms with Crippen molar-refractivity contribution < 1.29 is 24.3 Å². The lowest BCUT2D eigenvalue weighted by Gasteiger charge is -2.04. The monoisotopic (exact) mass is 426 g/mol. The molecule has 154 valence electrons. The second-order valence-corrected chi connectivity index (χ2v) is 7.05. The molecule has 9 heteroatoms. The Kier molecular flexibility index (Phi) is 6.53. The molecule has 0 spiro atoms. The molecule has 1 N–H and O–H groups in total. The van der Waals surface area contributed by atoms with Gasteiger partial charge in [0.2, 0.25) is 0 Å². The van der Waals surface area contributed by atoms with Gasteiger partial charge in [-0.2, -0.15) is 0 Å². The fraction of sp³-hybridized carbons (Fsp3) is 0.143. The SMILES string of the molecule is CCOC(=O)C1=C(O)/C(=C\c2ccc([N+](=O)[O-])cc2)SC1=Nc1ccc(OC)cc1. The fourth-order valence-corrected chi connectivity index (χ4v) is 3.64. The third kappa shape index (κ3) is 4.69. The molecule has 0 atom stereocenters. The number of thioether (sulfide) groups is 1. The Hall–Kier alpha value is -3.59. The molecule has 0 fully saturated rings. The number of aliphatic hydroxyl groups excluding tert-OH is 1. The minimum atomic E-state index is -0.679. The van der Waals surface area contributed by atoms with Gasteiger partial charge >= 0.3 is 5.97 Å². The number of aliphatic hydroxyl groups is 1. The number of non-ortho nitro benzene ring substituents is 1. The van der Waals surface area contributed by atoms with Crippen LogP contribution >= 0.6 is 11.8 Å². The van der Waals surface area contributed by atoms with Crippen molar-refractivity contribution in [3.05, 3.63) is 80.4 Å². The quantitative estimate of drug-likeness (QED) is 0.401. The average molecular weight is 426 g/mol. The summed E-state index contributed by atoms with van der Waals surface area (Å²) in [4.78, 5) is 27.6. The maximum absolute atomic E-state index is 12.4. The molecule has 2 aromatic carbocycles. The third-order valence-corrected chi connectivity index (χ3v) is 5.09. The van der Waals surface area contributed by atoms with Gasteiger partial charge in [-0.15, -0.1) is 0 Å². The Morgan fingerprint density at radius 1 is 1.20 bits per heavy atom. The molecule has 1 heterocycles. The van der Waals surface area contributed by atoms with Crippen LogP contribution in [0.4, 0.5) is 11.4 Å². The van der Waals surface area contributed by atoms with Crippen LogP contribution in [0.1, 0.15) is 12.5 Å². The van der Waals surface area contributed by atoms with Crippen LogP contribution in [0.15, 0.2) is 69.8 Å². The van der Waals surface area contributed by atoms with Crippen LogP contribution in [0.5, 0.6) is 5.75 Å².